The summed E-state index contributed by atoms with van der Waals surface area (Å²) >= 11 is 7.11. The molecule has 0 bridgehead atoms. The van der Waals surface area contributed by atoms with E-state index in [1.807, 2.05) is 0 Å². The van der Waals surface area contributed by atoms with Crippen molar-refractivity contribution >= 4 is 59.7 Å². The van der Waals surface area contributed by atoms with Crippen LogP contribution in [0, 0.1) is 0 Å². The van der Waals surface area contributed by atoms with Gasteiger partial charge >= 0.3 is 0 Å². The summed E-state index contributed by atoms with van der Waals surface area (Å²) in [5.41, 5.74) is 5.79. The van der Waals surface area contributed by atoms with Gasteiger partial charge in [-0.05, 0) is 82.6 Å². The van der Waals surface area contributed by atoms with Crippen molar-refractivity contribution in [2.75, 3.05) is 4.90 Å². The number of hydrogen-bond acceptors (Lipinski definition) is 1. The Morgan fingerprint density at radius 1 is 0.484 bits per heavy atom. The van der Waals surface area contributed by atoms with Crippen LogP contribution >= 0.6 is 31.9 Å². The van der Waals surface area contributed by atoms with E-state index in [9.17, 15) is 0 Å². The molecule has 0 aliphatic rings. The van der Waals surface area contributed by atoms with E-state index in [1.165, 1.54) is 21.9 Å². The molecule has 0 aliphatic carbocycles. The summed E-state index contributed by atoms with van der Waals surface area (Å²) in [5, 5.41) is 2.52. The molecule has 0 aromatic heterocycles. The van der Waals surface area contributed by atoms with E-state index in [1.54, 1.807) is 0 Å². The van der Waals surface area contributed by atoms with E-state index in [0.717, 1.165) is 26.0 Å². The fraction of sp³-hybridized carbons (Fsp3) is 0. The molecule has 0 unspecified atom stereocenters. The van der Waals surface area contributed by atoms with Crippen molar-refractivity contribution in [2.45, 2.75) is 0 Å². The molecule has 0 N–H and O–H groups in total. The third kappa shape index (κ3) is 4.16. The van der Waals surface area contributed by atoms with Gasteiger partial charge in [0.05, 0.1) is 0 Å². The van der Waals surface area contributed by atoms with Crippen molar-refractivity contribution in [3.8, 4) is 11.1 Å². The molecule has 0 amide bonds. The first-order valence-electron chi connectivity index (χ1n) is 10.1. The summed E-state index contributed by atoms with van der Waals surface area (Å²) in [6.45, 7) is 0. The summed E-state index contributed by atoms with van der Waals surface area (Å²) in [4.78, 5) is 2.29. The average Bonchev–Trinajstić information content (AvgIpc) is 2.81. The predicted octanol–water partition coefficient (Wildman–Crippen LogP) is 9.50. The van der Waals surface area contributed by atoms with Gasteiger partial charge in [0.1, 0.15) is 0 Å². The molecule has 0 radical (unpaired) electrons. The Morgan fingerprint density at radius 3 is 1.74 bits per heavy atom. The lowest BCUT2D eigenvalue weighted by molar-refractivity contribution is 1.28. The quantitative estimate of drug-likeness (QED) is 0.224. The minimum atomic E-state index is 1.07. The van der Waals surface area contributed by atoms with Crippen molar-refractivity contribution in [3.63, 3.8) is 0 Å². The second-order valence-electron chi connectivity index (χ2n) is 7.37. The maximum atomic E-state index is 3.56. The third-order valence-corrected chi connectivity index (χ3v) is 6.43. The first-order valence-corrected chi connectivity index (χ1v) is 11.7. The van der Waals surface area contributed by atoms with Crippen LogP contribution in [-0.2, 0) is 0 Å². The fourth-order valence-corrected chi connectivity index (χ4v) is 4.45. The molecule has 0 fully saturated rings. The van der Waals surface area contributed by atoms with Gasteiger partial charge in [0.2, 0.25) is 0 Å². The second kappa shape index (κ2) is 8.70. The molecule has 0 atom stereocenters. The van der Waals surface area contributed by atoms with Crippen LogP contribution in [0.25, 0.3) is 21.9 Å². The lowest BCUT2D eigenvalue weighted by atomic mass is 9.97. The molecule has 3 heteroatoms. The molecule has 0 saturated heterocycles. The number of anilines is 3. The van der Waals surface area contributed by atoms with Gasteiger partial charge in [-0.25, -0.2) is 0 Å². The van der Waals surface area contributed by atoms with Crippen molar-refractivity contribution in [2.24, 2.45) is 0 Å². The molecule has 1 nitrogen and oxygen atoms in total. The first-order chi connectivity index (χ1) is 15.2. The zero-order valence-electron chi connectivity index (χ0n) is 16.7. The Morgan fingerprint density at radius 2 is 1.06 bits per heavy atom. The Balaban J connectivity index is 1.67. The Hall–Kier alpha value is -2.88. The number of rotatable bonds is 4. The van der Waals surface area contributed by atoms with Gasteiger partial charge in [-0.1, -0.05) is 86.5 Å². The van der Waals surface area contributed by atoms with Crippen LogP contribution < -0.4 is 4.90 Å². The second-order valence-corrected chi connectivity index (χ2v) is 9.20. The summed E-state index contributed by atoms with van der Waals surface area (Å²) in [7, 11) is 0. The number of fused-ring (bicyclic) bond motifs is 1. The number of hydrogen-bond donors (Lipinski definition) is 0. The largest absolute Gasteiger partial charge is 0.310 e. The molecule has 150 valence electrons. The maximum absolute atomic E-state index is 3.56. The van der Waals surface area contributed by atoms with Crippen LogP contribution in [-0.4, -0.2) is 0 Å². The number of benzene rings is 5. The molecular formula is C28H19Br2N. The van der Waals surface area contributed by atoms with E-state index in [4.69, 9.17) is 0 Å². The van der Waals surface area contributed by atoms with Crippen molar-refractivity contribution in [1.29, 1.82) is 0 Å². The van der Waals surface area contributed by atoms with Crippen LogP contribution in [0.1, 0.15) is 0 Å². The topological polar surface area (TPSA) is 3.24 Å². The molecule has 0 spiro atoms. The van der Waals surface area contributed by atoms with Crippen LogP contribution in [0.5, 0.6) is 0 Å². The normalized spacial score (nSPS) is 10.9. The lowest BCUT2D eigenvalue weighted by Crippen LogP contribution is -2.09. The molecule has 0 heterocycles. The first kappa shape index (κ1) is 20.0. The minimum Gasteiger partial charge on any atom is -0.310 e. The van der Waals surface area contributed by atoms with Crippen LogP contribution in [0.2, 0.25) is 0 Å². The lowest BCUT2D eigenvalue weighted by Gasteiger charge is -2.26. The third-order valence-electron chi connectivity index (χ3n) is 5.37. The van der Waals surface area contributed by atoms with Gasteiger partial charge < -0.3 is 4.90 Å². The molecule has 5 rings (SSSR count). The summed E-state index contributed by atoms with van der Waals surface area (Å²) < 4.78 is 2.13. The van der Waals surface area contributed by atoms with Crippen molar-refractivity contribution in [1.82, 2.24) is 0 Å². The van der Waals surface area contributed by atoms with Gasteiger partial charge in [-0.15, -0.1) is 0 Å². The Bertz CT molecular complexity index is 1290. The van der Waals surface area contributed by atoms with Crippen LogP contribution in [0.3, 0.4) is 0 Å². The zero-order valence-corrected chi connectivity index (χ0v) is 19.8. The predicted molar refractivity (Wildman–Crippen MR) is 139 cm³/mol. The van der Waals surface area contributed by atoms with Crippen LogP contribution in [0.15, 0.2) is 124 Å². The van der Waals surface area contributed by atoms with E-state index in [-0.39, 0.29) is 0 Å². The average molecular weight is 529 g/mol. The highest BCUT2D eigenvalue weighted by Gasteiger charge is 2.14. The van der Waals surface area contributed by atoms with Crippen molar-refractivity contribution < 1.29 is 0 Å². The van der Waals surface area contributed by atoms with Crippen molar-refractivity contribution in [3.05, 3.63) is 124 Å². The summed E-state index contributed by atoms with van der Waals surface area (Å²) in [6.07, 6.45) is 0. The molecule has 0 aliphatic heterocycles. The number of nitrogens with zero attached hydrogens (tertiary/aromatic N) is 1. The molecule has 0 saturated carbocycles. The van der Waals surface area contributed by atoms with Gasteiger partial charge in [0.25, 0.3) is 0 Å². The van der Waals surface area contributed by atoms with Gasteiger partial charge in [-0.2, -0.15) is 0 Å². The van der Waals surface area contributed by atoms with Gasteiger partial charge in [0.15, 0.2) is 0 Å². The Kier molecular flexibility index (Phi) is 5.63. The standard InChI is InChI=1S/C28H19Br2N/c29-22-11-15-24(16-12-22)31(25-17-13-23(30)14-18-25)26-8-3-7-21(19-26)28-10-4-6-20-5-1-2-9-27(20)28/h1-19H. The highest BCUT2D eigenvalue weighted by molar-refractivity contribution is 9.10. The summed E-state index contributed by atoms with van der Waals surface area (Å²) in [6, 6.07) is 40.7. The minimum absolute atomic E-state index is 1.07. The van der Waals surface area contributed by atoms with Gasteiger partial charge in [0, 0.05) is 26.0 Å². The highest BCUT2D eigenvalue weighted by Crippen LogP contribution is 2.38. The molecular weight excluding hydrogens is 510 g/mol. The summed E-state index contributed by atoms with van der Waals surface area (Å²) in [5.74, 6) is 0. The van der Waals surface area contributed by atoms with E-state index < -0.39 is 0 Å². The fourth-order valence-electron chi connectivity index (χ4n) is 3.92. The van der Waals surface area contributed by atoms with E-state index >= 15 is 0 Å². The monoisotopic (exact) mass is 527 g/mol. The van der Waals surface area contributed by atoms with E-state index in [0.29, 0.717) is 0 Å². The molecule has 5 aromatic carbocycles. The SMILES string of the molecule is Brc1ccc(N(c2ccc(Br)cc2)c2cccc(-c3cccc4ccccc34)c2)cc1. The molecule has 31 heavy (non-hydrogen) atoms. The van der Waals surface area contributed by atoms with Gasteiger partial charge in [-0.3, -0.25) is 0 Å². The van der Waals surface area contributed by atoms with E-state index in [2.05, 4.69) is 152 Å². The molecule has 5 aromatic rings. The Labute approximate surface area is 199 Å². The van der Waals surface area contributed by atoms with Crippen LogP contribution in [0.4, 0.5) is 17.1 Å². The highest BCUT2D eigenvalue weighted by atomic mass is 79.9. The smallest absolute Gasteiger partial charge is 0.0467 e. The zero-order chi connectivity index (χ0) is 21.2. The maximum Gasteiger partial charge on any atom is 0.0467 e. The number of halogens is 2.